The van der Waals surface area contributed by atoms with E-state index in [2.05, 4.69) is 9.97 Å². The summed E-state index contributed by atoms with van der Waals surface area (Å²) in [7, 11) is 0. The van der Waals surface area contributed by atoms with E-state index in [4.69, 9.17) is 11.6 Å². The van der Waals surface area contributed by atoms with E-state index in [-0.39, 0.29) is 0 Å². The van der Waals surface area contributed by atoms with Crippen LogP contribution >= 0.6 is 23.4 Å². The topological polar surface area (TPSA) is 25.8 Å². The van der Waals surface area contributed by atoms with Crippen molar-refractivity contribution in [2.75, 3.05) is 11.6 Å². The van der Waals surface area contributed by atoms with Crippen LogP contribution in [0.4, 0.5) is 0 Å². The normalized spacial score (nSPS) is 10.2. The van der Waals surface area contributed by atoms with E-state index in [0.29, 0.717) is 0 Å². The number of alkyl halides is 1. The van der Waals surface area contributed by atoms with Gasteiger partial charge in [0.1, 0.15) is 6.33 Å². The number of thioether (sulfide) groups is 1. The second-order valence-electron chi connectivity index (χ2n) is 2.39. The Morgan fingerprint density at radius 3 is 3.00 bits per heavy atom. The molecular formula is C8H11ClN2S. The molecular weight excluding hydrogens is 192 g/mol. The zero-order chi connectivity index (χ0) is 8.81. The van der Waals surface area contributed by atoms with Gasteiger partial charge in [0.05, 0.1) is 5.03 Å². The van der Waals surface area contributed by atoms with E-state index in [0.717, 1.165) is 28.8 Å². The van der Waals surface area contributed by atoms with E-state index in [9.17, 15) is 0 Å². The fourth-order valence-electron chi connectivity index (χ4n) is 0.740. The summed E-state index contributed by atoms with van der Waals surface area (Å²) in [6.07, 6.45) is 2.62. The molecule has 0 aliphatic rings. The van der Waals surface area contributed by atoms with Crippen LogP contribution in [0.15, 0.2) is 17.4 Å². The first-order valence-corrected chi connectivity index (χ1v) is 5.32. The van der Waals surface area contributed by atoms with Crippen molar-refractivity contribution in [2.24, 2.45) is 0 Å². The van der Waals surface area contributed by atoms with Gasteiger partial charge in [-0.2, -0.15) is 0 Å². The minimum absolute atomic E-state index is 0.719. The molecule has 0 radical (unpaired) electrons. The Labute approximate surface area is 81.8 Å². The van der Waals surface area contributed by atoms with Crippen LogP contribution in [0.2, 0.25) is 0 Å². The lowest BCUT2D eigenvalue weighted by Gasteiger charge is -1.98. The fourth-order valence-corrected chi connectivity index (χ4v) is 1.91. The minimum Gasteiger partial charge on any atom is -0.242 e. The lowest BCUT2D eigenvalue weighted by molar-refractivity contribution is 1.00. The molecule has 1 aromatic heterocycles. The fraction of sp³-hybridized carbons (Fsp3) is 0.500. The molecule has 0 spiro atoms. The van der Waals surface area contributed by atoms with Gasteiger partial charge in [0, 0.05) is 17.3 Å². The average molecular weight is 203 g/mol. The van der Waals surface area contributed by atoms with Gasteiger partial charge >= 0.3 is 0 Å². The Balaban J connectivity index is 2.41. The third-order valence-electron chi connectivity index (χ3n) is 1.31. The SMILES string of the molecule is Cc1cc(SCCCCl)ncn1. The first kappa shape index (κ1) is 9.81. The van der Waals surface area contributed by atoms with E-state index in [1.54, 1.807) is 18.1 Å². The molecule has 4 heteroatoms. The molecule has 0 saturated heterocycles. The van der Waals surface area contributed by atoms with Crippen molar-refractivity contribution in [3.63, 3.8) is 0 Å². The summed E-state index contributed by atoms with van der Waals surface area (Å²) in [5.74, 6) is 1.75. The molecule has 0 bridgehead atoms. The highest BCUT2D eigenvalue weighted by molar-refractivity contribution is 7.99. The van der Waals surface area contributed by atoms with E-state index in [1.165, 1.54) is 0 Å². The van der Waals surface area contributed by atoms with Crippen molar-refractivity contribution in [1.82, 2.24) is 9.97 Å². The zero-order valence-electron chi connectivity index (χ0n) is 6.96. The summed E-state index contributed by atoms with van der Waals surface area (Å²) in [6.45, 7) is 1.97. The van der Waals surface area contributed by atoms with Gasteiger partial charge in [0.15, 0.2) is 0 Å². The Hall–Kier alpha value is -0.280. The largest absolute Gasteiger partial charge is 0.242 e. The van der Waals surface area contributed by atoms with Gasteiger partial charge in [-0.1, -0.05) is 0 Å². The predicted molar refractivity (Wildman–Crippen MR) is 52.8 cm³/mol. The summed E-state index contributed by atoms with van der Waals surface area (Å²) in [6, 6.07) is 1.99. The Morgan fingerprint density at radius 2 is 2.33 bits per heavy atom. The van der Waals surface area contributed by atoms with E-state index >= 15 is 0 Å². The molecule has 0 fully saturated rings. The van der Waals surface area contributed by atoms with Crippen LogP contribution in [0.25, 0.3) is 0 Å². The predicted octanol–water partition coefficient (Wildman–Crippen LogP) is 2.51. The summed E-state index contributed by atoms with van der Waals surface area (Å²) >= 11 is 7.28. The maximum absolute atomic E-state index is 5.55. The van der Waals surface area contributed by atoms with E-state index in [1.807, 2.05) is 13.0 Å². The van der Waals surface area contributed by atoms with Crippen molar-refractivity contribution >= 4 is 23.4 Å². The van der Waals surface area contributed by atoms with Gasteiger partial charge in [-0.15, -0.1) is 23.4 Å². The monoisotopic (exact) mass is 202 g/mol. The molecule has 1 heterocycles. The summed E-state index contributed by atoms with van der Waals surface area (Å²) in [5.41, 5.74) is 1.01. The summed E-state index contributed by atoms with van der Waals surface area (Å²) in [4.78, 5) is 8.14. The first-order chi connectivity index (χ1) is 5.83. The lowest BCUT2D eigenvalue weighted by atomic mass is 10.5. The van der Waals surface area contributed by atoms with Crippen LogP contribution in [-0.4, -0.2) is 21.6 Å². The molecule has 0 saturated carbocycles. The van der Waals surface area contributed by atoms with Crippen LogP contribution in [0.5, 0.6) is 0 Å². The number of aryl methyl sites for hydroxylation is 1. The number of rotatable bonds is 4. The molecule has 66 valence electrons. The molecule has 0 unspecified atom stereocenters. The molecule has 0 aliphatic carbocycles. The maximum atomic E-state index is 5.55. The Bertz CT molecular complexity index is 242. The van der Waals surface area contributed by atoms with Gasteiger partial charge in [-0.05, 0) is 19.4 Å². The van der Waals surface area contributed by atoms with Crippen molar-refractivity contribution in [3.05, 3.63) is 18.1 Å². The number of halogens is 1. The van der Waals surface area contributed by atoms with Crippen LogP contribution < -0.4 is 0 Å². The van der Waals surface area contributed by atoms with Gasteiger partial charge in [0.2, 0.25) is 0 Å². The maximum Gasteiger partial charge on any atom is 0.116 e. The third kappa shape index (κ3) is 3.41. The third-order valence-corrected chi connectivity index (χ3v) is 2.59. The van der Waals surface area contributed by atoms with Gasteiger partial charge < -0.3 is 0 Å². The van der Waals surface area contributed by atoms with Crippen molar-refractivity contribution in [2.45, 2.75) is 18.4 Å². The number of aromatic nitrogens is 2. The van der Waals surface area contributed by atoms with Crippen molar-refractivity contribution < 1.29 is 0 Å². The first-order valence-electron chi connectivity index (χ1n) is 3.80. The van der Waals surface area contributed by atoms with Crippen LogP contribution in [0, 0.1) is 6.92 Å². The van der Waals surface area contributed by atoms with Crippen LogP contribution in [-0.2, 0) is 0 Å². The standard InChI is InChI=1S/C8H11ClN2S/c1-7-5-8(11-6-10-7)12-4-2-3-9/h5-6H,2-4H2,1H3. The highest BCUT2D eigenvalue weighted by Crippen LogP contribution is 2.15. The summed E-state index contributed by atoms with van der Waals surface area (Å²) in [5, 5.41) is 1.03. The molecule has 0 aromatic carbocycles. The number of nitrogens with zero attached hydrogens (tertiary/aromatic N) is 2. The second kappa shape index (κ2) is 5.38. The average Bonchev–Trinajstić information content (AvgIpc) is 2.05. The van der Waals surface area contributed by atoms with Gasteiger partial charge in [0.25, 0.3) is 0 Å². The molecule has 2 nitrogen and oxygen atoms in total. The molecule has 0 N–H and O–H groups in total. The highest BCUT2D eigenvalue weighted by atomic mass is 35.5. The van der Waals surface area contributed by atoms with Crippen molar-refractivity contribution in [1.29, 1.82) is 0 Å². The van der Waals surface area contributed by atoms with Crippen LogP contribution in [0.3, 0.4) is 0 Å². The molecule has 0 atom stereocenters. The smallest absolute Gasteiger partial charge is 0.116 e. The zero-order valence-corrected chi connectivity index (χ0v) is 8.53. The number of hydrogen-bond acceptors (Lipinski definition) is 3. The number of hydrogen-bond donors (Lipinski definition) is 0. The Kier molecular flexibility index (Phi) is 4.40. The molecule has 1 aromatic rings. The van der Waals surface area contributed by atoms with Gasteiger partial charge in [-0.25, -0.2) is 9.97 Å². The molecule has 12 heavy (non-hydrogen) atoms. The molecule has 1 rings (SSSR count). The van der Waals surface area contributed by atoms with Gasteiger partial charge in [-0.3, -0.25) is 0 Å². The highest BCUT2D eigenvalue weighted by Gasteiger charge is 1.95. The van der Waals surface area contributed by atoms with E-state index < -0.39 is 0 Å². The summed E-state index contributed by atoms with van der Waals surface area (Å²) < 4.78 is 0. The molecule has 0 aliphatic heterocycles. The van der Waals surface area contributed by atoms with Crippen LogP contribution in [0.1, 0.15) is 12.1 Å². The second-order valence-corrected chi connectivity index (χ2v) is 3.88. The van der Waals surface area contributed by atoms with Crippen molar-refractivity contribution in [3.8, 4) is 0 Å². The lowest BCUT2D eigenvalue weighted by Crippen LogP contribution is -1.87. The Morgan fingerprint density at radius 1 is 1.50 bits per heavy atom. The quantitative estimate of drug-likeness (QED) is 0.325. The minimum atomic E-state index is 0.719. The molecule has 0 amide bonds.